The Morgan fingerprint density at radius 2 is 2.00 bits per heavy atom. The van der Waals surface area contributed by atoms with E-state index in [1.165, 1.54) is 0 Å². The minimum absolute atomic E-state index is 0.233. The molecule has 0 bridgehead atoms. The summed E-state index contributed by atoms with van der Waals surface area (Å²) in [5.74, 6) is 0.233. The van der Waals surface area contributed by atoms with Crippen molar-refractivity contribution in [2.24, 2.45) is 0 Å². The second-order valence-corrected chi connectivity index (χ2v) is 5.59. The standard InChI is InChI=1S/C12H13Br2N3O/c13-10-5-9(6-11(14)12(10)18)7-15-1-3-17-4-2-16-8-17/h2,4-6,8,15,18H,1,3,7H2. The fourth-order valence-corrected chi connectivity index (χ4v) is 2.86. The molecule has 0 aliphatic heterocycles. The van der Waals surface area contributed by atoms with Gasteiger partial charge in [-0.05, 0) is 49.6 Å². The fraction of sp³-hybridized carbons (Fsp3) is 0.250. The normalized spacial score (nSPS) is 10.8. The van der Waals surface area contributed by atoms with E-state index in [1.807, 2.05) is 22.9 Å². The first-order valence-corrected chi connectivity index (χ1v) is 7.09. The van der Waals surface area contributed by atoms with Crippen molar-refractivity contribution in [2.45, 2.75) is 13.1 Å². The number of imidazole rings is 1. The maximum absolute atomic E-state index is 9.60. The summed E-state index contributed by atoms with van der Waals surface area (Å²) >= 11 is 6.63. The topological polar surface area (TPSA) is 50.1 Å². The summed E-state index contributed by atoms with van der Waals surface area (Å²) < 4.78 is 3.42. The van der Waals surface area contributed by atoms with E-state index in [2.05, 4.69) is 42.2 Å². The van der Waals surface area contributed by atoms with Crippen molar-refractivity contribution in [1.82, 2.24) is 14.9 Å². The molecule has 6 heteroatoms. The van der Waals surface area contributed by atoms with E-state index >= 15 is 0 Å². The molecule has 0 aliphatic carbocycles. The summed E-state index contributed by atoms with van der Waals surface area (Å²) in [5.41, 5.74) is 1.11. The van der Waals surface area contributed by atoms with Gasteiger partial charge in [0, 0.05) is 32.0 Å². The third-order valence-electron chi connectivity index (χ3n) is 2.51. The summed E-state index contributed by atoms with van der Waals surface area (Å²) in [7, 11) is 0. The van der Waals surface area contributed by atoms with Crippen molar-refractivity contribution in [2.75, 3.05) is 6.54 Å². The molecule has 0 saturated heterocycles. The summed E-state index contributed by atoms with van der Waals surface area (Å²) in [6.45, 7) is 2.51. The van der Waals surface area contributed by atoms with Crippen LogP contribution in [0.5, 0.6) is 5.75 Å². The van der Waals surface area contributed by atoms with Crippen LogP contribution in [-0.2, 0) is 13.1 Å². The number of hydrogen-bond acceptors (Lipinski definition) is 3. The third-order valence-corrected chi connectivity index (χ3v) is 3.72. The SMILES string of the molecule is Oc1c(Br)cc(CNCCn2ccnc2)cc1Br. The summed E-state index contributed by atoms with van der Waals surface area (Å²) in [4.78, 5) is 3.99. The maximum Gasteiger partial charge on any atom is 0.143 e. The van der Waals surface area contributed by atoms with Crippen molar-refractivity contribution in [3.8, 4) is 5.75 Å². The molecule has 0 amide bonds. The molecule has 0 spiro atoms. The lowest BCUT2D eigenvalue weighted by Gasteiger charge is -2.08. The van der Waals surface area contributed by atoms with Gasteiger partial charge in [0.15, 0.2) is 0 Å². The number of nitrogens with one attached hydrogen (secondary N) is 1. The van der Waals surface area contributed by atoms with Gasteiger partial charge in [-0.1, -0.05) is 0 Å². The lowest BCUT2D eigenvalue weighted by molar-refractivity contribution is 0.468. The van der Waals surface area contributed by atoms with Gasteiger partial charge in [-0.3, -0.25) is 0 Å². The average Bonchev–Trinajstić information content (AvgIpc) is 2.84. The Labute approximate surface area is 122 Å². The molecule has 1 aromatic carbocycles. The monoisotopic (exact) mass is 373 g/mol. The number of phenols is 1. The molecule has 0 unspecified atom stereocenters. The molecule has 1 heterocycles. The van der Waals surface area contributed by atoms with E-state index in [4.69, 9.17) is 0 Å². The number of aromatic hydroxyl groups is 1. The molecule has 2 aromatic rings. The minimum atomic E-state index is 0.233. The van der Waals surface area contributed by atoms with Crippen LogP contribution < -0.4 is 5.32 Å². The van der Waals surface area contributed by atoms with Crippen LogP contribution in [0, 0.1) is 0 Å². The predicted octanol–water partition coefficient (Wildman–Crippen LogP) is 2.90. The van der Waals surface area contributed by atoms with Gasteiger partial charge in [-0.15, -0.1) is 0 Å². The van der Waals surface area contributed by atoms with E-state index in [0.717, 1.165) is 25.2 Å². The molecular weight excluding hydrogens is 362 g/mol. The zero-order chi connectivity index (χ0) is 13.0. The quantitative estimate of drug-likeness (QED) is 0.791. The van der Waals surface area contributed by atoms with Gasteiger partial charge in [0.2, 0.25) is 0 Å². The summed E-state index contributed by atoms with van der Waals surface area (Å²) in [6, 6.07) is 3.81. The summed E-state index contributed by atoms with van der Waals surface area (Å²) in [6.07, 6.45) is 5.51. The highest BCUT2D eigenvalue weighted by molar-refractivity contribution is 9.11. The first kappa shape index (κ1) is 13.6. The number of aromatic nitrogens is 2. The molecule has 1 aromatic heterocycles. The molecule has 2 rings (SSSR count). The first-order valence-electron chi connectivity index (χ1n) is 5.50. The van der Waals surface area contributed by atoms with Crippen LogP contribution in [0.3, 0.4) is 0 Å². The Hall–Kier alpha value is -0.850. The lowest BCUT2D eigenvalue weighted by Crippen LogP contribution is -2.18. The highest BCUT2D eigenvalue weighted by Gasteiger charge is 2.05. The Morgan fingerprint density at radius 3 is 2.61 bits per heavy atom. The Bertz CT molecular complexity index is 491. The Morgan fingerprint density at radius 1 is 1.28 bits per heavy atom. The third kappa shape index (κ3) is 3.57. The number of nitrogens with zero attached hydrogens (tertiary/aromatic N) is 2. The minimum Gasteiger partial charge on any atom is -0.506 e. The Balaban J connectivity index is 1.83. The van der Waals surface area contributed by atoms with Gasteiger partial charge < -0.3 is 15.0 Å². The zero-order valence-corrected chi connectivity index (χ0v) is 12.8. The van der Waals surface area contributed by atoms with Crippen LogP contribution in [0.15, 0.2) is 39.8 Å². The van der Waals surface area contributed by atoms with Gasteiger partial charge in [-0.2, -0.15) is 0 Å². The van der Waals surface area contributed by atoms with Gasteiger partial charge in [0.1, 0.15) is 5.75 Å². The maximum atomic E-state index is 9.60. The van der Waals surface area contributed by atoms with E-state index in [-0.39, 0.29) is 5.75 Å². The van der Waals surface area contributed by atoms with E-state index < -0.39 is 0 Å². The van der Waals surface area contributed by atoms with Crippen molar-refractivity contribution < 1.29 is 5.11 Å². The second kappa shape index (κ2) is 6.36. The second-order valence-electron chi connectivity index (χ2n) is 3.89. The van der Waals surface area contributed by atoms with Crippen LogP contribution >= 0.6 is 31.9 Å². The summed E-state index contributed by atoms with van der Waals surface area (Å²) in [5, 5.41) is 12.9. The molecule has 4 nitrogen and oxygen atoms in total. The first-order chi connectivity index (χ1) is 8.66. The van der Waals surface area contributed by atoms with E-state index in [1.54, 1.807) is 12.5 Å². The number of halogens is 2. The van der Waals surface area contributed by atoms with Crippen LogP contribution in [-0.4, -0.2) is 21.2 Å². The van der Waals surface area contributed by atoms with E-state index in [9.17, 15) is 5.11 Å². The predicted molar refractivity (Wildman–Crippen MR) is 77.4 cm³/mol. The molecule has 0 saturated carbocycles. The lowest BCUT2D eigenvalue weighted by atomic mass is 10.2. The van der Waals surface area contributed by atoms with Crippen molar-refractivity contribution >= 4 is 31.9 Å². The van der Waals surface area contributed by atoms with Crippen molar-refractivity contribution in [3.63, 3.8) is 0 Å². The van der Waals surface area contributed by atoms with Crippen LogP contribution in [0.2, 0.25) is 0 Å². The van der Waals surface area contributed by atoms with Gasteiger partial charge in [-0.25, -0.2) is 4.98 Å². The zero-order valence-electron chi connectivity index (χ0n) is 9.61. The van der Waals surface area contributed by atoms with Crippen LogP contribution in [0.25, 0.3) is 0 Å². The van der Waals surface area contributed by atoms with Crippen LogP contribution in [0.4, 0.5) is 0 Å². The largest absolute Gasteiger partial charge is 0.506 e. The molecule has 0 fully saturated rings. The number of benzene rings is 1. The smallest absolute Gasteiger partial charge is 0.143 e. The number of rotatable bonds is 5. The molecule has 0 atom stereocenters. The van der Waals surface area contributed by atoms with E-state index in [0.29, 0.717) is 8.95 Å². The van der Waals surface area contributed by atoms with Gasteiger partial charge in [0.25, 0.3) is 0 Å². The number of phenolic OH excluding ortho intramolecular Hbond substituents is 1. The number of hydrogen-bond donors (Lipinski definition) is 2. The Kier molecular flexibility index (Phi) is 4.79. The molecule has 96 valence electrons. The van der Waals surface area contributed by atoms with Gasteiger partial charge in [0.05, 0.1) is 15.3 Å². The van der Waals surface area contributed by atoms with Crippen molar-refractivity contribution in [3.05, 3.63) is 45.4 Å². The van der Waals surface area contributed by atoms with Crippen molar-refractivity contribution in [1.29, 1.82) is 0 Å². The molecule has 0 radical (unpaired) electrons. The molecular formula is C12H13Br2N3O. The highest BCUT2D eigenvalue weighted by Crippen LogP contribution is 2.33. The van der Waals surface area contributed by atoms with Crippen LogP contribution in [0.1, 0.15) is 5.56 Å². The van der Waals surface area contributed by atoms with Gasteiger partial charge >= 0.3 is 0 Å². The highest BCUT2D eigenvalue weighted by atomic mass is 79.9. The molecule has 18 heavy (non-hydrogen) atoms. The molecule has 0 aliphatic rings. The average molecular weight is 375 g/mol. The fourth-order valence-electron chi connectivity index (χ4n) is 1.58. The molecule has 2 N–H and O–H groups in total.